The molecule has 5 nitrogen and oxygen atoms in total. The molecule has 1 aliphatic carbocycles. The fourth-order valence-corrected chi connectivity index (χ4v) is 2.86. The van der Waals surface area contributed by atoms with Crippen LogP contribution in [0.4, 0.5) is 11.4 Å². The highest BCUT2D eigenvalue weighted by Gasteiger charge is 2.22. The molecule has 120 valence electrons. The van der Waals surface area contributed by atoms with Crippen molar-refractivity contribution < 1.29 is 14.0 Å². The Labute approximate surface area is 135 Å². The minimum atomic E-state index is -0.308. The number of benzene rings is 1. The number of carbonyl (C=O) groups is 2. The highest BCUT2D eigenvalue weighted by atomic mass is 16.3. The molecule has 1 aromatic carbocycles. The van der Waals surface area contributed by atoms with Crippen LogP contribution in [0.2, 0.25) is 0 Å². The Kier molecular flexibility index (Phi) is 4.46. The first-order valence-electron chi connectivity index (χ1n) is 7.90. The van der Waals surface area contributed by atoms with E-state index in [-0.39, 0.29) is 23.5 Å². The molecule has 5 heteroatoms. The van der Waals surface area contributed by atoms with Gasteiger partial charge in [-0.25, -0.2) is 0 Å². The maximum Gasteiger partial charge on any atom is 0.291 e. The van der Waals surface area contributed by atoms with E-state index in [1.165, 1.54) is 6.26 Å². The molecule has 1 fully saturated rings. The van der Waals surface area contributed by atoms with Crippen molar-refractivity contribution in [1.29, 1.82) is 0 Å². The number of rotatable bonds is 4. The molecule has 2 amide bonds. The molecular weight excluding hydrogens is 292 g/mol. The van der Waals surface area contributed by atoms with Gasteiger partial charge in [-0.2, -0.15) is 0 Å². The van der Waals surface area contributed by atoms with E-state index >= 15 is 0 Å². The average Bonchev–Trinajstić information content (AvgIpc) is 3.23. The molecule has 1 aromatic heterocycles. The molecule has 1 saturated carbocycles. The van der Waals surface area contributed by atoms with E-state index in [1.54, 1.807) is 18.2 Å². The van der Waals surface area contributed by atoms with Gasteiger partial charge in [0.05, 0.1) is 6.26 Å². The minimum Gasteiger partial charge on any atom is -0.459 e. The quantitative estimate of drug-likeness (QED) is 0.897. The fourth-order valence-electron chi connectivity index (χ4n) is 2.86. The monoisotopic (exact) mass is 312 g/mol. The van der Waals surface area contributed by atoms with Gasteiger partial charge in [0, 0.05) is 17.3 Å². The van der Waals surface area contributed by atoms with Crippen molar-refractivity contribution in [2.24, 2.45) is 5.92 Å². The molecule has 0 saturated heterocycles. The van der Waals surface area contributed by atoms with Gasteiger partial charge in [-0.15, -0.1) is 0 Å². The van der Waals surface area contributed by atoms with Crippen molar-refractivity contribution in [3.63, 3.8) is 0 Å². The van der Waals surface area contributed by atoms with E-state index < -0.39 is 0 Å². The van der Waals surface area contributed by atoms with Crippen molar-refractivity contribution in [3.8, 4) is 0 Å². The highest BCUT2D eigenvalue weighted by Crippen LogP contribution is 2.27. The lowest BCUT2D eigenvalue weighted by atomic mass is 10.1. The smallest absolute Gasteiger partial charge is 0.291 e. The molecule has 0 bridgehead atoms. The molecule has 2 aromatic rings. The molecule has 0 aliphatic heterocycles. The standard InChI is InChI=1S/C18H20N2O3/c1-12-8-9-14(19-17(21)13-5-2-3-6-13)11-15(12)20-18(22)16-7-4-10-23-16/h4,7-11,13H,2-3,5-6H2,1H3,(H,19,21)(H,20,22). The summed E-state index contributed by atoms with van der Waals surface area (Å²) in [7, 11) is 0. The van der Waals surface area contributed by atoms with E-state index in [0.29, 0.717) is 11.4 Å². The lowest BCUT2D eigenvalue weighted by Gasteiger charge is -2.13. The van der Waals surface area contributed by atoms with Crippen LogP contribution in [-0.4, -0.2) is 11.8 Å². The summed E-state index contributed by atoms with van der Waals surface area (Å²) in [5.74, 6) is 0.120. The molecule has 0 atom stereocenters. The second-order valence-corrected chi connectivity index (χ2v) is 5.93. The zero-order chi connectivity index (χ0) is 16.2. The van der Waals surface area contributed by atoms with Gasteiger partial charge in [-0.05, 0) is 49.6 Å². The minimum absolute atomic E-state index is 0.0645. The molecular formula is C18H20N2O3. The van der Waals surface area contributed by atoms with Gasteiger partial charge in [0.1, 0.15) is 0 Å². The van der Waals surface area contributed by atoms with Gasteiger partial charge in [0.15, 0.2) is 5.76 Å². The molecule has 1 heterocycles. The normalized spacial score (nSPS) is 14.7. The average molecular weight is 312 g/mol. The Hall–Kier alpha value is -2.56. The predicted molar refractivity (Wildman–Crippen MR) is 88.4 cm³/mol. The van der Waals surface area contributed by atoms with E-state index in [1.807, 2.05) is 19.1 Å². The number of aryl methyl sites for hydroxylation is 1. The topological polar surface area (TPSA) is 71.3 Å². The number of carbonyl (C=O) groups excluding carboxylic acids is 2. The summed E-state index contributed by atoms with van der Waals surface area (Å²) in [6.45, 7) is 1.90. The van der Waals surface area contributed by atoms with E-state index in [9.17, 15) is 9.59 Å². The fraction of sp³-hybridized carbons (Fsp3) is 0.333. The molecule has 1 aliphatic rings. The SMILES string of the molecule is Cc1ccc(NC(=O)C2CCCC2)cc1NC(=O)c1ccco1. The zero-order valence-corrected chi connectivity index (χ0v) is 13.1. The Bertz CT molecular complexity index is 701. The van der Waals surface area contributed by atoms with E-state index in [4.69, 9.17) is 4.42 Å². The second kappa shape index (κ2) is 6.69. The summed E-state index contributed by atoms with van der Waals surface area (Å²) >= 11 is 0. The van der Waals surface area contributed by atoms with Crippen molar-refractivity contribution in [2.75, 3.05) is 10.6 Å². The van der Waals surface area contributed by atoms with Gasteiger partial charge in [-0.3, -0.25) is 9.59 Å². The lowest BCUT2D eigenvalue weighted by molar-refractivity contribution is -0.119. The van der Waals surface area contributed by atoms with Gasteiger partial charge in [-0.1, -0.05) is 18.9 Å². The molecule has 0 unspecified atom stereocenters. The van der Waals surface area contributed by atoms with Crippen LogP contribution in [-0.2, 0) is 4.79 Å². The summed E-state index contributed by atoms with van der Waals surface area (Å²) in [4.78, 5) is 24.3. The van der Waals surface area contributed by atoms with Crippen molar-refractivity contribution in [2.45, 2.75) is 32.6 Å². The van der Waals surface area contributed by atoms with Gasteiger partial charge >= 0.3 is 0 Å². The second-order valence-electron chi connectivity index (χ2n) is 5.93. The largest absolute Gasteiger partial charge is 0.459 e. The Morgan fingerprint density at radius 2 is 1.91 bits per heavy atom. The number of furan rings is 1. The van der Waals surface area contributed by atoms with E-state index in [0.717, 1.165) is 31.2 Å². The van der Waals surface area contributed by atoms with Crippen LogP contribution in [0.1, 0.15) is 41.8 Å². The maximum atomic E-state index is 12.2. The molecule has 2 N–H and O–H groups in total. The third-order valence-corrected chi connectivity index (χ3v) is 4.22. The third kappa shape index (κ3) is 3.62. The first-order chi connectivity index (χ1) is 11.1. The Morgan fingerprint density at radius 1 is 1.13 bits per heavy atom. The molecule has 23 heavy (non-hydrogen) atoms. The van der Waals surface area contributed by atoms with Crippen LogP contribution in [0.3, 0.4) is 0 Å². The van der Waals surface area contributed by atoms with Gasteiger partial charge < -0.3 is 15.1 Å². The van der Waals surface area contributed by atoms with Crippen LogP contribution >= 0.6 is 0 Å². The molecule has 0 spiro atoms. The van der Waals surface area contributed by atoms with Gasteiger partial charge in [0.25, 0.3) is 5.91 Å². The van der Waals surface area contributed by atoms with Crippen LogP contribution in [0.5, 0.6) is 0 Å². The number of anilines is 2. The zero-order valence-electron chi connectivity index (χ0n) is 13.1. The number of hydrogen-bond acceptors (Lipinski definition) is 3. The molecule has 0 radical (unpaired) electrons. The summed E-state index contributed by atoms with van der Waals surface area (Å²) in [6, 6.07) is 8.78. The van der Waals surface area contributed by atoms with E-state index in [2.05, 4.69) is 10.6 Å². The lowest BCUT2D eigenvalue weighted by Crippen LogP contribution is -2.20. The van der Waals surface area contributed by atoms with Crippen molar-refractivity contribution in [1.82, 2.24) is 0 Å². The third-order valence-electron chi connectivity index (χ3n) is 4.22. The van der Waals surface area contributed by atoms with Crippen LogP contribution < -0.4 is 10.6 Å². The summed E-state index contributed by atoms with van der Waals surface area (Å²) in [5, 5.41) is 5.76. The first-order valence-corrected chi connectivity index (χ1v) is 7.90. The van der Waals surface area contributed by atoms with Gasteiger partial charge in [0.2, 0.25) is 5.91 Å². The van der Waals surface area contributed by atoms with Crippen LogP contribution in [0.25, 0.3) is 0 Å². The number of nitrogens with one attached hydrogen (secondary N) is 2. The first kappa shape index (κ1) is 15.3. The maximum absolute atomic E-state index is 12.2. The summed E-state index contributed by atoms with van der Waals surface area (Å²) in [5.41, 5.74) is 2.28. The predicted octanol–water partition coefficient (Wildman–Crippen LogP) is 3.97. The van der Waals surface area contributed by atoms with Crippen molar-refractivity contribution >= 4 is 23.2 Å². The number of hydrogen-bond donors (Lipinski definition) is 2. The Morgan fingerprint density at radius 3 is 2.61 bits per heavy atom. The summed E-state index contributed by atoms with van der Waals surface area (Å²) in [6.07, 6.45) is 5.62. The van der Waals surface area contributed by atoms with Crippen LogP contribution in [0.15, 0.2) is 41.0 Å². The summed E-state index contributed by atoms with van der Waals surface area (Å²) < 4.78 is 5.09. The van der Waals surface area contributed by atoms with Crippen molar-refractivity contribution in [3.05, 3.63) is 47.9 Å². The molecule has 3 rings (SSSR count). The highest BCUT2D eigenvalue weighted by molar-refractivity contribution is 6.03. The number of amides is 2. The van der Waals surface area contributed by atoms with Crippen LogP contribution in [0, 0.1) is 12.8 Å². The Balaban J connectivity index is 1.71.